The molecule has 0 aliphatic heterocycles. The number of rotatable bonds is 16. The highest BCUT2D eigenvalue weighted by atomic mass is 35.5. The van der Waals surface area contributed by atoms with E-state index in [9.17, 15) is 14.4 Å². The van der Waals surface area contributed by atoms with Crippen LogP contribution in [0.2, 0.25) is 5.02 Å². The minimum atomic E-state index is -0.923. The number of benzene rings is 7. The van der Waals surface area contributed by atoms with Gasteiger partial charge in [0.25, 0.3) is 0 Å². The van der Waals surface area contributed by atoms with E-state index in [1.54, 1.807) is 20.3 Å². The zero-order valence-electron chi connectivity index (χ0n) is 37.6. The van der Waals surface area contributed by atoms with Gasteiger partial charge in [-0.25, -0.2) is 4.79 Å². The topological polar surface area (TPSA) is 90.9 Å². The lowest BCUT2D eigenvalue weighted by molar-refractivity contribution is -0.118. The Morgan fingerprint density at radius 2 is 1.27 bits per heavy atom. The third-order valence-corrected chi connectivity index (χ3v) is 13.1. The molecule has 2 atom stereocenters. The zero-order chi connectivity index (χ0) is 46.6. The minimum Gasteiger partial charge on any atom is -0.497 e. The summed E-state index contributed by atoms with van der Waals surface area (Å²) in [6.45, 7) is 3.96. The van der Waals surface area contributed by atoms with Crippen molar-refractivity contribution < 1.29 is 28.6 Å². The fourth-order valence-corrected chi connectivity index (χ4v) is 9.21. The molecule has 0 saturated heterocycles. The van der Waals surface area contributed by atoms with E-state index < -0.39 is 17.0 Å². The lowest BCUT2D eigenvalue weighted by Crippen LogP contribution is -2.31. The van der Waals surface area contributed by atoms with E-state index in [1.165, 1.54) is 11.1 Å². The summed E-state index contributed by atoms with van der Waals surface area (Å²) >= 11 is 13.7. The largest absolute Gasteiger partial charge is 0.497 e. The molecule has 7 nitrogen and oxygen atoms in total. The molecule has 336 valence electrons. The van der Waals surface area contributed by atoms with E-state index in [-0.39, 0.29) is 24.1 Å². The number of aryl methyl sites for hydroxylation is 1. The Labute approximate surface area is 397 Å². The summed E-state index contributed by atoms with van der Waals surface area (Å²) in [5, 5.41) is 3.68. The van der Waals surface area contributed by atoms with Crippen LogP contribution in [0.5, 0.6) is 11.5 Å². The molecule has 0 aromatic heterocycles. The van der Waals surface area contributed by atoms with Gasteiger partial charge < -0.3 is 19.5 Å². The van der Waals surface area contributed by atoms with Gasteiger partial charge in [-0.2, -0.15) is 0 Å². The van der Waals surface area contributed by atoms with Crippen molar-refractivity contribution >= 4 is 40.9 Å². The predicted octanol–water partition coefficient (Wildman–Crippen LogP) is 13.7. The van der Waals surface area contributed by atoms with Crippen molar-refractivity contribution in [3.8, 4) is 22.6 Å². The molecule has 7 aromatic carbocycles. The molecule has 2 unspecified atom stereocenters. The number of ketones is 2. The maximum Gasteiger partial charge on any atom is 0.407 e. The normalized spacial score (nSPS) is 12.9. The first-order valence-electron chi connectivity index (χ1n) is 22.2. The van der Waals surface area contributed by atoms with Crippen LogP contribution in [0, 0.1) is 0 Å². The summed E-state index contributed by atoms with van der Waals surface area (Å²) in [5.41, 5.74) is 10.7. The number of amides is 1. The summed E-state index contributed by atoms with van der Waals surface area (Å²) in [5.74, 6) is 1.57. The molecule has 9 heteroatoms. The number of hydrogen-bond donors (Lipinski definition) is 1. The van der Waals surface area contributed by atoms with Crippen LogP contribution < -0.4 is 14.8 Å². The molecule has 0 bridgehead atoms. The highest BCUT2D eigenvalue weighted by Crippen LogP contribution is 2.46. The maximum atomic E-state index is 13.3. The summed E-state index contributed by atoms with van der Waals surface area (Å²) < 4.78 is 16.9. The smallest absolute Gasteiger partial charge is 0.407 e. The van der Waals surface area contributed by atoms with Gasteiger partial charge in [0.1, 0.15) is 28.8 Å². The average Bonchev–Trinajstić information content (AvgIpc) is 3.70. The molecule has 1 aliphatic rings. The van der Waals surface area contributed by atoms with Gasteiger partial charge in [0.2, 0.25) is 0 Å². The lowest BCUT2D eigenvalue weighted by atomic mass is 9.83. The third kappa shape index (κ3) is 10.5. The van der Waals surface area contributed by atoms with Crippen LogP contribution in [0.25, 0.3) is 11.1 Å². The molecule has 66 heavy (non-hydrogen) atoms. The Morgan fingerprint density at radius 1 is 0.667 bits per heavy atom. The standard InChI is InChI=1S/C35H35NO5.C22H18Cl2O/c1-4-25(37)18-15-23-13-16-24(17-14-23)34(31-20-19-26(39-2)21-33(31)40-3)36-35(38)41-22-32-29-11-7-5-9-27(29)28-10-6-8-12-30(28)32;1-2-21(25)16-12-14-18(15-13-16)22(24,17-8-4-3-5-9-17)19-10-6-7-11-20(19)23/h5-14,16-17,19-21,32,34H,4,15,18,22H2,1-3H3,(H,36,38);3-15H,2H2,1H3. The molecule has 1 aliphatic carbocycles. The molecule has 0 saturated carbocycles. The third-order valence-electron chi connectivity index (χ3n) is 12.1. The van der Waals surface area contributed by atoms with E-state index in [1.807, 2.05) is 153 Å². The van der Waals surface area contributed by atoms with Crippen LogP contribution in [0.15, 0.2) is 170 Å². The molecular formula is C57H53Cl2NO6. The number of Topliss-reactive ketones (excluding diaryl/α,β-unsaturated/α-hetero) is 2. The quantitative estimate of drug-likeness (QED) is 0.0590. The van der Waals surface area contributed by atoms with Crippen molar-refractivity contribution in [1.29, 1.82) is 0 Å². The first-order valence-corrected chi connectivity index (χ1v) is 22.9. The highest BCUT2D eigenvalue weighted by molar-refractivity contribution is 6.34. The molecule has 7 aromatic rings. The Kier molecular flexibility index (Phi) is 15.8. The molecule has 8 rings (SSSR count). The monoisotopic (exact) mass is 917 g/mol. The fraction of sp³-hybridized carbons (Fsp3) is 0.211. The number of methoxy groups -OCH3 is 2. The van der Waals surface area contributed by atoms with Gasteiger partial charge in [-0.3, -0.25) is 9.59 Å². The Morgan fingerprint density at radius 3 is 1.88 bits per heavy atom. The van der Waals surface area contributed by atoms with Crippen molar-refractivity contribution in [3.05, 3.63) is 225 Å². The van der Waals surface area contributed by atoms with Gasteiger partial charge in [0, 0.05) is 53.0 Å². The number of ether oxygens (including phenoxy) is 3. The number of nitrogens with one attached hydrogen (secondary N) is 1. The molecule has 0 heterocycles. The van der Waals surface area contributed by atoms with E-state index >= 15 is 0 Å². The molecule has 0 fully saturated rings. The van der Waals surface area contributed by atoms with E-state index in [4.69, 9.17) is 37.4 Å². The second-order valence-corrected chi connectivity index (χ2v) is 17.0. The summed E-state index contributed by atoms with van der Waals surface area (Å²) in [6.07, 6.45) is 1.70. The number of carbonyl (C=O) groups is 3. The van der Waals surface area contributed by atoms with Crippen LogP contribution in [-0.4, -0.2) is 38.5 Å². The van der Waals surface area contributed by atoms with Gasteiger partial charge in [0.05, 0.1) is 20.3 Å². The molecule has 0 spiro atoms. The number of halogens is 2. The van der Waals surface area contributed by atoms with Gasteiger partial charge in [-0.15, -0.1) is 11.6 Å². The number of hydrogen-bond acceptors (Lipinski definition) is 6. The van der Waals surface area contributed by atoms with Crippen LogP contribution in [-0.2, 0) is 20.8 Å². The molecule has 1 N–H and O–H groups in total. The van der Waals surface area contributed by atoms with Crippen LogP contribution >= 0.6 is 23.2 Å². The molecule has 1 amide bonds. The van der Waals surface area contributed by atoms with Crippen molar-refractivity contribution in [2.24, 2.45) is 0 Å². The van der Waals surface area contributed by atoms with Crippen LogP contribution in [0.4, 0.5) is 4.79 Å². The first-order chi connectivity index (χ1) is 32.1. The predicted molar refractivity (Wildman–Crippen MR) is 264 cm³/mol. The Bertz CT molecular complexity index is 2730. The SMILES string of the molecule is CCC(=O)CCc1ccc(C(NC(=O)OCC2c3ccccc3-c3ccccc32)c2ccc(OC)cc2OC)cc1.CCC(=O)c1ccc(C(Cl)(c2ccccc2)c2ccccc2Cl)cc1. The Balaban J connectivity index is 0.000000221. The van der Waals surface area contributed by atoms with Crippen molar-refractivity contribution in [3.63, 3.8) is 0 Å². The number of fused-ring (bicyclic) bond motifs is 3. The lowest BCUT2D eigenvalue weighted by Gasteiger charge is -2.30. The zero-order valence-corrected chi connectivity index (χ0v) is 39.1. The van der Waals surface area contributed by atoms with Crippen molar-refractivity contribution in [1.82, 2.24) is 5.32 Å². The van der Waals surface area contributed by atoms with Crippen molar-refractivity contribution in [2.75, 3.05) is 20.8 Å². The first kappa shape index (κ1) is 47.3. The molecular weight excluding hydrogens is 866 g/mol. The average molecular weight is 919 g/mol. The number of alkyl halides is 1. The van der Waals surface area contributed by atoms with E-state index in [0.29, 0.717) is 47.8 Å². The fourth-order valence-electron chi connectivity index (χ4n) is 8.47. The molecule has 0 radical (unpaired) electrons. The Hall–Kier alpha value is -6.67. The minimum absolute atomic E-state index is 0.0350. The summed E-state index contributed by atoms with van der Waals surface area (Å²) in [6, 6.07) is 54.4. The van der Waals surface area contributed by atoms with Gasteiger partial charge in [-0.1, -0.05) is 171 Å². The van der Waals surface area contributed by atoms with Gasteiger partial charge >= 0.3 is 6.09 Å². The summed E-state index contributed by atoms with van der Waals surface area (Å²) in [7, 11) is 3.19. The van der Waals surface area contributed by atoms with E-state index in [2.05, 4.69) is 29.6 Å². The number of carbonyl (C=O) groups excluding carboxylic acids is 3. The van der Waals surface area contributed by atoms with Crippen LogP contribution in [0.3, 0.4) is 0 Å². The van der Waals surface area contributed by atoms with E-state index in [0.717, 1.165) is 44.5 Å². The van der Waals surface area contributed by atoms with Gasteiger partial charge in [-0.05, 0) is 69.1 Å². The van der Waals surface area contributed by atoms with Crippen LogP contribution in [0.1, 0.15) is 99.9 Å². The second-order valence-electron chi connectivity index (χ2n) is 16.0. The maximum absolute atomic E-state index is 13.3. The van der Waals surface area contributed by atoms with Gasteiger partial charge in [0.15, 0.2) is 5.78 Å². The number of alkyl carbamates (subject to hydrolysis) is 1. The summed E-state index contributed by atoms with van der Waals surface area (Å²) in [4.78, 5) is 36.1. The highest BCUT2D eigenvalue weighted by Gasteiger charge is 2.36. The second kappa shape index (κ2) is 22.0. The van der Waals surface area contributed by atoms with Crippen molar-refractivity contribution in [2.45, 2.75) is 56.4 Å².